The molecule has 0 saturated heterocycles. The summed E-state index contributed by atoms with van der Waals surface area (Å²) in [6, 6.07) is 24.3. The Balaban J connectivity index is 1.42. The molecule has 0 unspecified atom stereocenters. The van der Waals surface area contributed by atoms with E-state index in [1.54, 1.807) is 79.0 Å². The minimum Gasteiger partial charge on any atom is -0.490 e. The molecule has 0 amide bonds. The number of hydrogen-bond acceptors (Lipinski definition) is 7. The average Bonchev–Trinajstić information content (AvgIpc) is 3.47. The van der Waals surface area contributed by atoms with Gasteiger partial charge in [0.2, 0.25) is 5.82 Å². The molecule has 0 bridgehead atoms. The Hall–Kier alpha value is -5.67. The summed E-state index contributed by atoms with van der Waals surface area (Å²) in [5, 5.41) is 15.7. The van der Waals surface area contributed by atoms with Crippen molar-refractivity contribution in [2.75, 3.05) is 6.61 Å². The van der Waals surface area contributed by atoms with E-state index in [2.05, 4.69) is 11.7 Å². The fourth-order valence-electron chi connectivity index (χ4n) is 5.08. The van der Waals surface area contributed by atoms with E-state index in [-0.39, 0.29) is 23.6 Å². The Bertz CT molecular complexity index is 2200. The van der Waals surface area contributed by atoms with Crippen LogP contribution in [0.1, 0.15) is 34.0 Å². The van der Waals surface area contributed by atoms with Gasteiger partial charge in [-0.05, 0) is 85.1 Å². The number of carboxylic acids is 1. The number of aromatic carboxylic acids is 1. The molecule has 10 heteroatoms. The van der Waals surface area contributed by atoms with E-state index < -0.39 is 5.97 Å². The van der Waals surface area contributed by atoms with Crippen LogP contribution in [-0.4, -0.2) is 33.6 Å². The molecule has 6 aromatic rings. The van der Waals surface area contributed by atoms with Gasteiger partial charge in [-0.2, -0.15) is 9.78 Å². The Morgan fingerprint density at radius 3 is 2.72 bits per heavy atom. The van der Waals surface area contributed by atoms with Crippen molar-refractivity contribution in [3.63, 3.8) is 0 Å². The molecule has 0 saturated carbocycles. The summed E-state index contributed by atoms with van der Waals surface area (Å²) in [5.41, 5.74) is 3.02. The van der Waals surface area contributed by atoms with Crippen LogP contribution in [-0.2, 0) is 13.0 Å². The lowest BCUT2D eigenvalue weighted by atomic mass is 10.1. The van der Waals surface area contributed by atoms with Crippen LogP contribution in [0.4, 0.5) is 0 Å². The van der Waals surface area contributed by atoms with Crippen LogP contribution in [0, 0.1) is 0 Å². The van der Waals surface area contributed by atoms with Crippen molar-refractivity contribution < 1.29 is 23.8 Å². The Labute approximate surface area is 268 Å². The van der Waals surface area contributed by atoms with E-state index in [9.17, 15) is 14.7 Å². The van der Waals surface area contributed by atoms with Crippen LogP contribution >= 0.6 is 11.6 Å². The van der Waals surface area contributed by atoms with Gasteiger partial charge >= 0.3 is 5.97 Å². The molecule has 0 fully saturated rings. The van der Waals surface area contributed by atoms with Gasteiger partial charge in [-0.25, -0.2) is 9.78 Å². The molecule has 0 spiro atoms. The highest BCUT2D eigenvalue weighted by Crippen LogP contribution is 2.35. The van der Waals surface area contributed by atoms with Crippen molar-refractivity contribution in [1.82, 2.24) is 9.66 Å². The SMILES string of the molecule is C=CCc1cc(C=Nn2c(-c3cc4cc(Cl)ccc4o3)nc3ccccc3c2=O)cc(OCC)c1OCc1cccc(C(=O)O)c1. The second kappa shape index (κ2) is 13.1. The second-order valence-electron chi connectivity index (χ2n) is 10.3. The van der Waals surface area contributed by atoms with E-state index in [4.69, 9.17) is 30.5 Å². The minimum atomic E-state index is -1.01. The molecule has 2 aromatic heterocycles. The highest BCUT2D eigenvalue weighted by atomic mass is 35.5. The van der Waals surface area contributed by atoms with E-state index in [1.807, 2.05) is 19.1 Å². The van der Waals surface area contributed by atoms with Crippen molar-refractivity contribution >= 4 is 45.7 Å². The van der Waals surface area contributed by atoms with E-state index in [1.165, 1.54) is 10.7 Å². The summed E-state index contributed by atoms with van der Waals surface area (Å²) in [6.45, 7) is 6.25. The molecule has 0 atom stereocenters. The maximum absolute atomic E-state index is 13.7. The van der Waals surface area contributed by atoms with Gasteiger partial charge in [-0.3, -0.25) is 4.79 Å². The number of halogens is 1. The number of nitrogens with zero attached hydrogens (tertiary/aromatic N) is 3. The normalized spacial score (nSPS) is 11.3. The molecule has 0 aliphatic rings. The summed E-state index contributed by atoms with van der Waals surface area (Å²) in [5.74, 6) is 0.547. The fourth-order valence-corrected chi connectivity index (χ4v) is 5.26. The zero-order valence-electron chi connectivity index (χ0n) is 24.8. The summed E-state index contributed by atoms with van der Waals surface area (Å²) < 4.78 is 19.4. The van der Waals surface area contributed by atoms with Crippen molar-refractivity contribution in [2.24, 2.45) is 5.10 Å². The molecule has 0 radical (unpaired) electrons. The molecule has 0 aliphatic heterocycles. The van der Waals surface area contributed by atoms with Gasteiger partial charge in [0, 0.05) is 16.0 Å². The first-order valence-electron chi connectivity index (χ1n) is 14.5. The second-order valence-corrected chi connectivity index (χ2v) is 10.8. The number of rotatable bonds is 11. The lowest BCUT2D eigenvalue weighted by Crippen LogP contribution is -2.20. The van der Waals surface area contributed by atoms with Crippen LogP contribution in [0.5, 0.6) is 11.5 Å². The summed E-state index contributed by atoms with van der Waals surface area (Å²) in [4.78, 5) is 29.9. The molecule has 6 rings (SSSR count). The summed E-state index contributed by atoms with van der Waals surface area (Å²) in [7, 11) is 0. The molecule has 9 nitrogen and oxygen atoms in total. The van der Waals surface area contributed by atoms with Gasteiger partial charge < -0.3 is 19.0 Å². The van der Waals surface area contributed by atoms with Crippen molar-refractivity contribution in [3.05, 3.63) is 135 Å². The Morgan fingerprint density at radius 2 is 1.91 bits per heavy atom. The molecule has 2 heterocycles. The number of carbonyl (C=O) groups is 1. The van der Waals surface area contributed by atoms with Crippen LogP contribution in [0.15, 0.2) is 112 Å². The zero-order chi connectivity index (χ0) is 32.2. The fraction of sp³-hybridized carbons (Fsp3) is 0.111. The Kier molecular flexibility index (Phi) is 8.67. The number of para-hydroxylation sites is 1. The third-order valence-electron chi connectivity index (χ3n) is 7.15. The van der Waals surface area contributed by atoms with Gasteiger partial charge in [0.05, 0.1) is 29.3 Å². The zero-order valence-corrected chi connectivity index (χ0v) is 25.5. The lowest BCUT2D eigenvalue weighted by molar-refractivity contribution is 0.0696. The first kappa shape index (κ1) is 30.4. The van der Waals surface area contributed by atoms with E-state index >= 15 is 0 Å². The molecule has 4 aromatic carbocycles. The number of carboxylic acid groups (broad SMARTS) is 1. The van der Waals surface area contributed by atoms with Crippen LogP contribution in [0.2, 0.25) is 5.02 Å². The number of aromatic nitrogens is 2. The average molecular weight is 634 g/mol. The van der Waals surface area contributed by atoms with Crippen molar-refractivity contribution in [3.8, 4) is 23.1 Å². The first-order valence-corrected chi connectivity index (χ1v) is 14.8. The standard InChI is InChI=1S/C36H28ClN3O6/c1-3-8-24-16-23(17-31(44-4-2)33(24)45-21-22-9-7-10-25(15-22)36(42)43)20-38-40-34(39-29-12-6-5-11-28(29)35(40)41)32-19-26-18-27(37)13-14-30(26)46-32/h3,5-7,9-20H,1,4,8,21H2,2H3,(H,42,43). The third kappa shape index (κ3) is 6.27. The molecular formula is C36H28ClN3O6. The smallest absolute Gasteiger partial charge is 0.335 e. The van der Waals surface area contributed by atoms with Crippen LogP contribution in [0.3, 0.4) is 0 Å². The summed E-state index contributed by atoms with van der Waals surface area (Å²) in [6.07, 6.45) is 3.75. The number of hydrogen-bond donors (Lipinski definition) is 1. The predicted octanol–water partition coefficient (Wildman–Crippen LogP) is 7.75. The Morgan fingerprint density at radius 1 is 1.07 bits per heavy atom. The molecule has 1 N–H and O–H groups in total. The molecule has 46 heavy (non-hydrogen) atoms. The number of furan rings is 1. The van der Waals surface area contributed by atoms with E-state index in [0.717, 1.165) is 10.9 Å². The molecular weight excluding hydrogens is 606 g/mol. The quantitative estimate of drug-likeness (QED) is 0.115. The minimum absolute atomic E-state index is 0.128. The van der Waals surface area contributed by atoms with Gasteiger partial charge in [-0.15, -0.1) is 6.58 Å². The maximum atomic E-state index is 13.7. The van der Waals surface area contributed by atoms with Gasteiger partial charge in [0.1, 0.15) is 12.2 Å². The van der Waals surface area contributed by atoms with Gasteiger partial charge in [-0.1, -0.05) is 41.9 Å². The van der Waals surface area contributed by atoms with Crippen molar-refractivity contribution in [2.45, 2.75) is 20.0 Å². The third-order valence-corrected chi connectivity index (χ3v) is 7.39. The number of ether oxygens (including phenoxy) is 2. The predicted molar refractivity (Wildman–Crippen MR) is 178 cm³/mol. The maximum Gasteiger partial charge on any atom is 0.335 e. The highest BCUT2D eigenvalue weighted by Gasteiger charge is 2.18. The van der Waals surface area contributed by atoms with Gasteiger partial charge in [0.15, 0.2) is 17.3 Å². The summed E-state index contributed by atoms with van der Waals surface area (Å²) >= 11 is 6.19. The number of fused-ring (bicyclic) bond motifs is 2. The highest BCUT2D eigenvalue weighted by molar-refractivity contribution is 6.31. The van der Waals surface area contributed by atoms with E-state index in [0.29, 0.717) is 62.9 Å². The first-order chi connectivity index (χ1) is 22.3. The molecule has 0 aliphatic carbocycles. The van der Waals surface area contributed by atoms with Crippen LogP contribution < -0.4 is 15.0 Å². The van der Waals surface area contributed by atoms with Gasteiger partial charge in [0.25, 0.3) is 5.56 Å². The van der Waals surface area contributed by atoms with Crippen molar-refractivity contribution in [1.29, 1.82) is 0 Å². The topological polar surface area (TPSA) is 116 Å². The van der Waals surface area contributed by atoms with Crippen LogP contribution in [0.25, 0.3) is 33.5 Å². The largest absolute Gasteiger partial charge is 0.490 e. The number of benzene rings is 4. The monoisotopic (exact) mass is 633 g/mol. The number of allylic oxidation sites excluding steroid dienone is 1. The lowest BCUT2D eigenvalue weighted by Gasteiger charge is -2.17. The molecule has 230 valence electrons.